The van der Waals surface area contributed by atoms with E-state index in [0.29, 0.717) is 6.61 Å². The molecule has 1 saturated heterocycles. The van der Waals surface area contributed by atoms with Crippen LogP contribution in [0.1, 0.15) is 64.2 Å². The van der Waals surface area contributed by atoms with Gasteiger partial charge in [0.15, 0.2) is 0 Å². The molecule has 0 aliphatic carbocycles. The predicted octanol–water partition coefficient (Wildman–Crippen LogP) is 3.57. The minimum Gasteiger partial charge on any atom is -0.396 e. The monoisotopic (exact) mass is 378 g/mol. The van der Waals surface area contributed by atoms with Gasteiger partial charge in [0.25, 0.3) is 0 Å². The van der Waals surface area contributed by atoms with E-state index in [1.807, 2.05) is 0 Å². The highest BCUT2D eigenvalue weighted by Crippen LogP contribution is 2.11. The first-order chi connectivity index (χ1) is 12.4. The van der Waals surface area contributed by atoms with Crippen LogP contribution in [0.5, 0.6) is 0 Å². The second-order valence-corrected chi connectivity index (χ2v) is 7.69. The minimum absolute atomic E-state index is 0.350. The molecule has 6 nitrogen and oxygen atoms in total. The molecule has 0 radical (unpaired) electrons. The number of unbranched alkanes of at least 4 members (excludes halogenated alkanes) is 8. The van der Waals surface area contributed by atoms with Crippen molar-refractivity contribution in [1.82, 2.24) is 9.80 Å². The van der Waals surface area contributed by atoms with Gasteiger partial charge in [0.2, 0.25) is 0 Å². The lowest BCUT2D eigenvalue weighted by Gasteiger charge is -2.34. The lowest BCUT2D eigenvalue weighted by molar-refractivity contribution is -0.432. The Bertz CT molecular complexity index is 280. The fraction of sp³-hybridized carbons (Fsp3) is 1.00. The summed E-state index contributed by atoms with van der Waals surface area (Å²) in [6.07, 6.45) is 12.6. The van der Waals surface area contributed by atoms with Gasteiger partial charge in [0.05, 0.1) is 0 Å². The fourth-order valence-corrected chi connectivity index (χ4v) is 3.68. The number of piperazine rings is 1. The molecule has 0 unspecified atom stereocenters. The van der Waals surface area contributed by atoms with Gasteiger partial charge < -0.3 is 14.9 Å². The van der Waals surface area contributed by atoms with Gasteiger partial charge in [0.1, 0.15) is 0 Å². The van der Waals surface area contributed by atoms with Crippen LogP contribution in [0.2, 0.25) is 0 Å². The van der Waals surface area contributed by atoms with Gasteiger partial charge in [-0.3, -0.25) is 0 Å². The van der Waals surface area contributed by atoms with E-state index in [1.165, 1.54) is 71.0 Å². The van der Waals surface area contributed by atoms with Crippen molar-refractivity contribution in [2.75, 3.05) is 51.6 Å². The summed E-state index contributed by atoms with van der Waals surface area (Å²) in [5, 5.41) is 20.3. The zero-order chi connectivity index (χ0) is 18.0. The van der Waals surface area contributed by atoms with E-state index in [4.69, 9.17) is 10.4 Å². The van der Waals surface area contributed by atoms with Crippen molar-refractivity contribution in [1.29, 1.82) is 0 Å². The molecular weight excluding hydrogens is 340 g/mol. The van der Waals surface area contributed by atoms with Crippen molar-refractivity contribution in [2.45, 2.75) is 64.2 Å². The summed E-state index contributed by atoms with van der Waals surface area (Å²) in [6.45, 7) is 7.40. The van der Waals surface area contributed by atoms with E-state index in [1.54, 1.807) is 0 Å². The third-order valence-electron chi connectivity index (χ3n) is 4.88. The van der Waals surface area contributed by atoms with E-state index in [9.17, 15) is 0 Å². The molecule has 0 amide bonds. The molecule has 1 aliphatic rings. The largest absolute Gasteiger partial charge is 0.396 e. The molecule has 1 rings (SSSR count). The average molecular weight is 379 g/mol. The second kappa shape index (κ2) is 17.5. The third-order valence-corrected chi connectivity index (χ3v) is 5.49. The Kier molecular flexibility index (Phi) is 16.2. The van der Waals surface area contributed by atoms with E-state index >= 15 is 0 Å². The normalized spacial score (nSPS) is 16.6. The molecule has 1 heterocycles. The molecule has 0 bridgehead atoms. The first-order valence-electron chi connectivity index (χ1n) is 10.0. The summed E-state index contributed by atoms with van der Waals surface area (Å²) in [5.41, 5.74) is 0. The Morgan fingerprint density at radius 2 is 1.16 bits per heavy atom. The van der Waals surface area contributed by atoms with Crippen LogP contribution in [-0.2, 0) is 9.37 Å². The zero-order valence-corrected chi connectivity index (χ0v) is 16.6. The van der Waals surface area contributed by atoms with Gasteiger partial charge in [-0.05, 0) is 32.4 Å². The molecule has 1 fully saturated rings. The molecular formula is C18H38N2O4S. The summed E-state index contributed by atoms with van der Waals surface area (Å²) in [7, 11) is 0. The maximum absolute atomic E-state index is 8.73. The molecule has 150 valence electrons. The predicted molar refractivity (Wildman–Crippen MR) is 103 cm³/mol. The molecule has 2 N–H and O–H groups in total. The van der Waals surface area contributed by atoms with Gasteiger partial charge in [-0.25, -0.2) is 5.26 Å². The van der Waals surface area contributed by atoms with Crippen LogP contribution in [0.25, 0.3) is 0 Å². The van der Waals surface area contributed by atoms with Crippen LogP contribution in [0.4, 0.5) is 0 Å². The SMILES string of the molecule is OCCCCCCCCCCCN1CCN(CCCSOOO)CC1. The molecule has 0 spiro atoms. The molecule has 7 heteroatoms. The first kappa shape index (κ1) is 23.1. The number of hydrogen-bond donors (Lipinski definition) is 2. The Hall–Kier alpha value is 0.110. The zero-order valence-electron chi connectivity index (χ0n) is 15.7. The van der Waals surface area contributed by atoms with Gasteiger partial charge in [-0.15, -0.1) is 4.33 Å². The maximum atomic E-state index is 8.73. The molecule has 0 aromatic rings. The number of aliphatic hydroxyl groups excluding tert-OH is 1. The number of aliphatic hydroxyl groups is 1. The van der Waals surface area contributed by atoms with Crippen molar-refractivity contribution in [3.05, 3.63) is 0 Å². The number of rotatable bonds is 17. The lowest BCUT2D eigenvalue weighted by atomic mass is 10.1. The Balaban J connectivity index is 1.82. The van der Waals surface area contributed by atoms with Gasteiger partial charge in [-0.2, -0.15) is 0 Å². The molecule has 0 atom stereocenters. The summed E-state index contributed by atoms with van der Waals surface area (Å²) >= 11 is 1.15. The Labute approximate surface area is 157 Å². The third kappa shape index (κ3) is 13.9. The smallest absolute Gasteiger partial charge is 0.0431 e. The van der Waals surface area contributed by atoms with Crippen LogP contribution in [-0.4, -0.2) is 71.8 Å². The first-order valence-corrected chi connectivity index (χ1v) is 10.9. The molecule has 0 saturated carbocycles. The molecule has 0 aromatic heterocycles. The van der Waals surface area contributed by atoms with Crippen molar-refractivity contribution in [2.24, 2.45) is 0 Å². The quantitative estimate of drug-likeness (QED) is 0.174. The van der Waals surface area contributed by atoms with Crippen molar-refractivity contribution in [3.63, 3.8) is 0 Å². The van der Waals surface area contributed by atoms with Crippen LogP contribution < -0.4 is 0 Å². The van der Waals surface area contributed by atoms with Crippen molar-refractivity contribution < 1.29 is 19.7 Å². The van der Waals surface area contributed by atoms with Gasteiger partial charge in [0, 0.05) is 50.6 Å². The van der Waals surface area contributed by atoms with Crippen LogP contribution in [0.3, 0.4) is 0 Å². The minimum atomic E-state index is 0.350. The second-order valence-electron chi connectivity index (χ2n) is 6.91. The van der Waals surface area contributed by atoms with Crippen molar-refractivity contribution >= 4 is 12.0 Å². The summed E-state index contributed by atoms with van der Waals surface area (Å²) in [5.74, 6) is 0.836. The van der Waals surface area contributed by atoms with E-state index in [0.717, 1.165) is 50.3 Å². The number of hydrogen-bond acceptors (Lipinski definition) is 7. The molecule has 1 aliphatic heterocycles. The van der Waals surface area contributed by atoms with E-state index in [2.05, 4.69) is 19.2 Å². The van der Waals surface area contributed by atoms with E-state index in [-0.39, 0.29) is 0 Å². The highest BCUT2D eigenvalue weighted by molar-refractivity contribution is 7.94. The van der Waals surface area contributed by atoms with Gasteiger partial charge in [-0.1, -0.05) is 50.0 Å². The number of nitrogens with zero attached hydrogens (tertiary/aromatic N) is 2. The average Bonchev–Trinajstić information content (AvgIpc) is 2.64. The van der Waals surface area contributed by atoms with Crippen LogP contribution in [0, 0.1) is 0 Å². The van der Waals surface area contributed by atoms with Gasteiger partial charge >= 0.3 is 0 Å². The van der Waals surface area contributed by atoms with Crippen molar-refractivity contribution in [3.8, 4) is 0 Å². The summed E-state index contributed by atoms with van der Waals surface area (Å²) < 4.78 is 4.38. The highest BCUT2D eigenvalue weighted by Gasteiger charge is 2.15. The standard InChI is InChI=1S/C18H38N2O4S/c21-17-9-7-5-3-1-2-4-6-8-11-19-13-15-20(16-14-19)12-10-18-25-24-23-22/h21-22H,1-18H2. The maximum Gasteiger partial charge on any atom is 0.0431 e. The topological polar surface area (TPSA) is 65.4 Å². The van der Waals surface area contributed by atoms with E-state index < -0.39 is 0 Å². The Morgan fingerprint density at radius 3 is 1.68 bits per heavy atom. The summed E-state index contributed by atoms with van der Waals surface area (Å²) in [6, 6.07) is 0. The molecule has 25 heavy (non-hydrogen) atoms. The lowest BCUT2D eigenvalue weighted by Crippen LogP contribution is -2.46. The Morgan fingerprint density at radius 1 is 0.680 bits per heavy atom. The molecule has 0 aromatic carbocycles. The van der Waals surface area contributed by atoms with Crippen LogP contribution in [0.15, 0.2) is 0 Å². The van der Waals surface area contributed by atoms with Crippen LogP contribution >= 0.6 is 12.0 Å². The fourth-order valence-electron chi connectivity index (χ4n) is 3.32. The highest BCUT2D eigenvalue weighted by atomic mass is 32.2. The summed E-state index contributed by atoms with van der Waals surface area (Å²) in [4.78, 5) is 5.11.